The summed E-state index contributed by atoms with van der Waals surface area (Å²) in [6.07, 6.45) is 2.87. The Morgan fingerprint density at radius 2 is 2.33 bits per heavy atom. The van der Waals surface area contributed by atoms with Crippen molar-refractivity contribution in [3.8, 4) is 5.75 Å². The molecule has 3 heteroatoms. The summed E-state index contributed by atoms with van der Waals surface area (Å²) in [5.41, 5.74) is 0.893. The third-order valence-corrected chi connectivity index (χ3v) is 2.82. The number of aliphatic hydroxyl groups excluding tert-OH is 1. The van der Waals surface area contributed by atoms with Crippen molar-refractivity contribution in [2.75, 3.05) is 7.11 Å². The Morgan fingerprint density at radius 3 is 2.87 bits per heavy atom. The molecule has 0 fully saturated rings. The van der Waals surface area contributed by atoms with E-state index in [-0.39, 0.29) is 0 Å². The molecule has 0 aliphatic rings. The van der Waals surface area contributed by atoms with Crippen molar-refractivity contribution in [2.45, 2.75) is 18.9 Å². The lowest BCUT2D eigenvalue weighted by Crippen LogP contribution is -1.97. The van der Waals surface area contributed by atoms with Crippen LogP contribution in [0.4, 0.5) is 0 Å². The number of hydrogen-bond acceptors (Lipinski definition) is 2. The van der Waals surface area contributed by atoms with E-state index < -0.39 is 6.10 Å². The van der Waals surface area contributed by atoms with Crippen LogP contribution in [-0.2, 0) is 0 Å². The molecule has 1 aromatic rings. The largest absolute Gasteiger partial charge is 0.496 e. The van der Waals surface area contributed by atoms with E-state index in [1.54, 1.807) is 7.11 Å². The maximum absolute atomic E-state index is 9.83. The van der Waals surface area contributed by atoms with Crippen LogP contribution in [-0.4, -0.2) is 12.2 Å². The summed E-state index contributed by atoms with van der Waals surface area (Å²) in [4.78, 5) is 0. The van der Waals surface area contributed by atoms with Crippen molar-refractivity contribution < 1.29 is 9.84 Å². The molecule has 1 atom stereocenters. The Morgan fingerprint density at radius 1 is 1.60 bits per heavy atom. The van der Waals surface area contributed by atoms with Gasteiger partial charge in [-0.15, -0.1) is 6.58 Å². The van der Waals surface area contributed by atoms with Gasteiger partial charge in [0.2, 0.25) is 0 Å². The number of methoxy groups -OCH3 is 1. The molecule has 1 aromatic carbocycles. The molecule has 0 aliphatic heterocycles. The predicted molar refractivity (Wildman–Crippen MR) is 65.1 cm³/mol. The molecule has 0 bridgehead atoms. The second kappa shape index (κ2) is 5.93. The van der Waals surface area contributed by atoms with Crippen molar-refractivity contribution in [3.05, 3.63) is 40.9 Å². The topological polar surface area (TPSA) is 29.5 Å². The van der Waals surface area contributed by atoms with Crippen molar-refractivity contribution in [1.82, 2.24) is 0 Å². The molecule has 0 radical (unpaired) electrons. The maximum Gasteiger partial charge on any atom is 0.133 e. The smallest absolute Gasteiger partial charge is 0.133 e. The van der Waals surface area contributed by atoms with Gasteiger partial charge < -0.3 is 9.84 Å². The normalized spacial score (nSPS) is 12.2. The number of aliphatic hydroxyl groups is 1. The van der Waals surface area contributed by atoms with Crippen LogP contribution < -0.4 is 4.74 Å². The zero-order valence-corrected chi connectivity index (χ0v) is 10.3. The highest BCUT2D eigenvalue weighted by atomic mass is 79.9. The standard InChI is InChI=1S/C12H15BrO2/c1-3-4-5-11(14)9-6-7-12(15-2)10(13)8-9/h3,6-8,11,14H,1,4-5H2,2H3. The van der Waals surface area contributed by atoms with E-state index in [0.717, 1.165) is 22.2 Å². The van der Waals surface area contributed by atoms with Crippen LogP contribution in [0.5, 0.6) is 5.75 Å². The van der Waals surface area contributed by atoms with Gasteiger partial charge in [0, 0.05) is 0 Å². The van der Waals surface area contributed by atoms with Gasteiger partial charge in [0.05, 0.1) is 17.7 Å². The third kappa shape index (κ3) is 3.36. The van der Waals surface area contributed by atoms with E-state index in [1.807, 2.05) is 24.3 Å². The first kappa shape index (κ1) is 12.3. The maximum atomic E-state index is 9.83. The predicted octanol–water partition coefficient (Wildman–Crippen LogP) is 3.46. The summed E-state index contributed by atoms with van der Waals surface area (Å²) >= 11 is 3.39. The molecule has 82 valence electrons. The van der Waals surface area contributed by atoms with Gasteiger partial charge in [-0.25, -0.2) is 0 Å². The van der Waals surface area contributed by atoms with Gasteiger partial charge in [-0.2, -0.15) is 0 Å². The minimum atomic E-state index is -0.440. The average molecular weight is 271 g/mol. The van der Waals surface area contributed by atoms with Crippen LogP contribution in [0.3, 0.4) is 0 Å². The molecule has 0 aromatic heterocycles. The lowest BCUT2D eigenvalue weighted by Gasteiger charge is -2.11. The molecular weight excluding hydrogens is 256 g/mol. The van der Waals surface area contributed by atoms with Crippen molar-refractivity contribution in [2.24, 2.45) is 0 Å². The molecule has 15 heavy (non-hydrogen) atoms. The van der Waals surface area contributed by atoms with Crippen LogP contribution in [0.25, 0.3) is 0 Å². The van der Waals surface area contributed by atoms with Crippen LogP contribution in [0, 0.1) is 0 Å². The average Bonchev–Trinajstić information content (AvgIpc) is 2.25. The Bertz CT molecular complexity index is 336. The minimum Gasteiger partial charge on any atom is -0.496 e. The van der Waals surface area contributed by atoms with Crippen LogP contribution >= 0.6 is 15.9 Å². The van der Waals surface area contributed by atoms with Crippen molar-refractivity contribution >= 4 is 15.9 Å². The molecular formula is C12H15BrO2. The van der Waals surface area contributed by atoms with Crippen molar-refractivity contribution in [1.29, 1.82) is 0 Å². The number of ether oxygens (including phenoxy) is 1. The number of hydrogen-bond donors (Lipinski definition) is 1. The SMILES string of the molecule is C=CCCC(O)c1ccc(OC)c(Br)c1. The number of allylic oxidation sites excluding steroid dienone is 1. The van der Waals surface area contributed by atoms with E-state index in [1.165, 1.54) is 0 Å². The number of halogens is 1. The highest BCUT2D eigenvalue weighted by Crippen LogP contribution is 2.29. The first-order valence-electron chi connectivity index (χ1n) is 4.81. The molecule has 1 unspecified atom stereocenters. The molecule has 0 saturated carbocycles. The van der Waals surface area contributed by atoms with E-state index in [2.05, 4.69) is 22.5 Å². The quantitative estimate of drug-likeness (QED) is 0.831. The van der Waals surface area contributed by atoms with Crippen molar-refractivity contribution in [3.63, 3.8) is 0 Å². The monoisotopic (exact) mass is 270 g/mol. The summed E-state index contributed by atoms with van der Waals surface area (Å²) in [7, 11) is 1.62. The molecule has 0 saturated heterocycles. The third-order valence-electron chi connectivity index (χ3n) is 2.20. The van der Waals surface area contributed by atoms with Gasteiger partial charge in [0.25, 0.3) is 0 Å². The summed E-state index contributed by atoms with van der Waals surface area (Å²) in [5.74, 6) is 0.773. The first-order chi connectivity index (χ1) is 7.19. The molecule has 0 amide bonds. The van der Waals surface area contributed by atoms with Gasteiger partial charge in [0.1, 0.15) is 5.75 Å². The fourth-order valence-corrected chi connectivity index (χ4v) is 1.89. The number of rotatable bonds is 5. The molecule has 0 heterocycles. The second-order valence-corrected chi connectivity index (χ2v) is 4.13. The summed E-state index contributed by atoms with van der Waals surface area (Å²) in [6, 6.07) is 5.60. The lowest BCUT2D eigenvalue weighted by molar-refractivity contribution is 0.168. The molecule has 1 rings (SSSR count). The van der Waals surface area contributed by atoms with Gasteiger partial charge in [-0.1, -0.05) is 12.1 Å². The van der Waals surface area contributed by atoms with Gasteiger partial charge in [-0.3, -0.25) is 0 Å². The minimum absolute atomic E-state index is 0.440. The Balaban J connectivity index is 2.77. The molecule has 2 nitrogen and oxygen atoms in total. The van der Waals surface area contributed by atoms with Crippen LogP contribution in [0.15, 0.2) is 35.3 Å². The Hall–Kier alpha value is -0.800. The van der Waals surface area contributed by atoms with E-state index in [9.17, 15) is 5.11 Å². The van der Waals surface area contributed by atoms with Gasteiger partial charge in [0.15, 0.2) is 0 Å². The lowest BCUT2D eigenvalue weighted by atomic mass is 10.1. The molecule has 0 aliphatic carbocycles. The highest BCUT2D eigenvalue weighted by molar-refractivity contribution is 9.10. The Labute approximate surface area is 98.7 Å². The van der Waals surface area contributed by atoms with Crippen LogP contribution in [0.2, 0.25) is 0 Å². The van der Waals surface area contributed by atoms with E-state index in [0.29, 0.717) is 6.42 Å². The zero-order chi connectivity index (χ0) is 11.3. The fraction of sp³-hybridized carbons (Fsp3) is 0.333. The van der Waals surface area contributed by atoms with E-state index in [4.69, 9.17) is 4.74 Å². The fourth-order valence-electron chi connectivity index (χ4n) is 1.33. The molecule has 0 spiro atoms. The summed E-state index contributed by atoms with van der Waals surface area (Å²) in [5, 5.41) is 9.83. The second-order valence-electron chi connectivity index (χ2n) is 3.28. The summed E-state index contributed by atoms with van der Waals surface area (Å²) in [6.45, 7) is 3.63. The first-order valence-corrected chi connectivity index (χ1v) is 5.60. The van der Waals surface area contributed by atoms with Crippen LogP contribution in [0.1, 0.15) is 24.5 Å². The highest BCUT2D eigenvalue weighted by Gasteiger charge is 2.08. The zero-order valence-electron chi connectivity index (χ0n) is 8.74. The number of benzene rings is 1. The molecule has 1 N–H and O–H groups in total. The Kier molecular flexibility index (Phi) is 4.85. The summed E-state index contributed by atoms with van der Waals surface area (Å²) < 4.78 is 5.98. The van der Waals surface area contributed by atoms with Gasteiger partial charge >= 0.3 is 0 Å². The van der Waals surface area contributed by atoms with E-state index >= 15 is 0 Å². The van der Waals surface area contributed by atoms with Gasteiger partial charge in [-0.05, 0) is 46.5 Å².